The molecule has 5 rings (SSSR count). The first kappa shape index (κ1) is 16.5. The molecule has 0 aromatic carbocycles. The van der Waals surface area contributed by atoms with Crippen LogP contribution in [-0.4, -0.2) is 44.0 Å². The third kappa shape index (κ3) is 2.84. The van der Waals surface area contributed by atoms with Crippen molar-refractivity contribution >= 4 is 11.5 Å². The molecular formula is C17H18F3N7. The SMILES string of the molecule is FC(F)(F)c1cc(NCC2(n3cccn3)CNC2)n2nc(C3CC3)cc2n1. The van der Waals surface area contributed by atoms with Crippen LogP contribution in [0.15, 0.2) is 30.6 Å². The molecule has 4 heterocycles. The van der Waals surface area contributed by atoms with Crippen molar-refractivity contribution < 1.29 is 13.2 Å². The maximum absolute atomic E-state index is 13.3. The van der Waals surface area contributed by atoms with Gasteiger partial charge in [0.05, 0.1) is 5.69 Å². The lowest BCUT2D eigenvalue weighted by Gasteiger charge is -2.43. The molecule has 0 radical (unpaired) electrons. The van der Waals surface area contributed by atoms with Gasteiger partial charge >= 0.3 is 6.18 Å². The van der Waals surface area contributed by atoms with Gasteiger partial charge in [-0.1, -0.05) is 0 Å². The molecule has 0 unspecified atom stereocenters. The van der Waals surface area contributed by atoms with Crippen molar-refractivity contribution in [3.8, 4) is 0 Å². The molecule has 10 heteroatoms. The van der Waals surface area contributed by atoms with E-state index in [4.69, 9.17) is 0 Å². The zero-order valence-corrected chi connectivity index (χ0v) is 14.4. The highest BCUT2D eigenvalue weighted by Gasteiger charge is 2.40. The van der Waals surface area contributed by atoms with Crippen LogP contribution in [0.25, 0.3) is 5.65 Å². The molecule has 0 atom stereocenters. The molecule has 1 aliphatic carbocycles. The largest absolute Gasteiger partial charge is 0.433 e. The molecule has 0 spiro atoms. The fourth-order valence-electron chi connectivity index (χ4n) is 3.43. The van der Waals surface area contributed by atoms with Crippen molar-refractivity contribution in [1.29, 1.82) is 0 Å². The van der Waals surface area contributed by atoms with Gasteiger partial charge in [0.15, 0.2) is 11.3 Å². The van der Waals surface area contributed by atoms with Crippen molar-refractivity contribution in [3.05, 3.63) is 42.0 Å². The van der Waals surface area contributed by atoms with Crippen molar-refractivity contribution in [2.75, 3.05) is 25.0 Å². The highest BCUT2D eigenvalue weighted by Crippen LogP contribution is 2.40. The summed E-state index contributed by atoms with van der Waals surface area (Å²) in [5, 5.41) is 15.2. The Morgan fingerprint density at radius 3 is 2.67 bits per heavy atom. The van der Waals surface area contributed by atoms with Gasteiger partial charge in [0.1, 0.15) is 11.4 Å². The van der Waals surface area contributed by atoms with Crippen LogP contribution < -0.4 is 10.6 Å². The van der Waals surface area contributed by atoms with Gasteiger partial charge in [-0.3, -0.25) is 4.68 Å². The van der Waals surface area contributed by atoms with Crippen LogP contribution in [0.1, 0.15) is 30.1 Å². The fraction of sp³-hybridized carbons (Fsp3) is 0.471. The minimum absolute atomic E-state index is 0.217. The van der Waals surface area contributed by atoms with E-state index in [1.165, 1.54) is 4.52 Å². The Morgan fingerprint density at radius 1 is 1.26 bits per heavy atom. The molecule has 2 N–H and O–H groups in total. The number of hydrogen-bond acceptors (Lipinski definition) is 5. The lowest BCUT2D eigenvalue weighted by atomic mass is 9.92. The van der Waals surface area contributed by atoms with E-state index in [2.05, 4.69) is 25.8 Å². The van der Waals surface area contributed by atoms with Gasteiger partial charge in [-0.15, -0.1) is 0 Å². The van der Waals surface area contributed by atoms with Gasteiger partial charge in [-0.25, -0.2) is 4.98 Å². The van der Waals surface area contributed by atoms with E-state index >= 15 is 0 Å². The predicted octanol–water partition coefficient (Wildman–Crippen LogP) is 2.23. The maximum Gasteiger partial charge on any atom is 0.433 e. The number of hydrogen-bond donors (Lipinski definition) is 2. The summed E-state index contributed by atoms with van der Waals surface area (Å²) >= 11 is 0. The second-order valence-corrected chi connectivity index (χ2v) is 7.27. The predicted molar refractivity (Wildman–Crippen MR) is 91.5 cm³/mol. The number of nitrogens with zero attached hydrogens (tertiary/aromatic N) is 5. The second-order valence-electron chi connectivity index (χ2n) is 7.27. The molecule has 7 nitrogen and oxygen atoms in total. The Hall–Kier alpha value is -2.62. The van der Waals surface area contributed by atoms with Gasteiger partial charge in [0.25, 0.3) is 0 Å². The summed E-state index contributed by atoms with van der Waals surface area (Å²) in [7, 11) is 0. The van der Waals surface area contributed by atoms with Crippen LogP contribution in [0.5, 0.6) is 0 Å². The zero-order valence-electron chi connectivity index (χ0n) is 14.4. The van der Waals surface area contributed by atoms with E-state index in [0.717, 1.165) is 24.6 Å². The van der Waals surface area contributed by atoms with Crippen molar-refractivity contribution in [2.45, 2.75) is 30.5 Å². The minimum Gasteiger partial charge on any atom is -0.367 e. The fourth-order valence-corrected chi connectivity index (χ4v) is 3.43. The summed E-state index contributed by atoms with van der Waals surface area (Å²) in [5.41, 5.74) is -0.213. The number of fused-ring (bicyclic) bond motifs is 1. The molecule has 2 aliphatic rings. The summed E-state index contributed by atoms with van der Waals surface area (Å²) in [6, 6.07) is 4.52. The van der Waals surface area contributed by atoms with Crippen LogP contribution >= 0.6 is 0 Å². The van der Waals surface area contributed by atoms with E-state index in [1.807, 2.05) is 16.9 Å². The first-order chi connectivity index (χ1) is 12.9. The van der Waals surface area contributed by atoms with Gasteiger partial charge in [-0.05, 0) is 18.9 Å². The van der Waals surface area contributed by atoms with Crippen molar-refractivity contribution in [3.63, 3.8) is 0 Å². The standard InChI is InChI=1S/C17H18F3N7/c18-17(19,20)13-7-14(27-15(24-13)6-12(25-27)11-2-3-11)22-10-16(8-21-9-16)26-5-1-4-23-26/h1,4-7,11,21-22H,2-3,8-10H2. The van der Waals surface area contributed by atoms with E-state index in [9.17, 15) is 13.2 Å². The molecule has 2 fully saturated rings. The first-order valence-electron chi connectivity index (χ1n) is 8.87. The first-order valence-corrected chi connectivity index (χ1v) is 8.87. The molecule has 1 saturated heterocycles. The topological polar surface area (TPSA) is 72.1 Å². The van der Waals surface area contributed by atoms with E-state index in [1.54, 1.807) is 12.3 Å². The highest BCUT2D eigenvalue weighted by atomic mass is 19.4. The molecule has 142 valence electrons. The molecule has 27 heavy (non-hydrogen) atoms. The lowest BCUT2D eigenvalue weighted by Crippen LogP contribution is -2.64. The summed E-state index contributed by atoms with van der Waals surface area (Å²) < 4.78 is 43.2. The summed E-state index contributed by atoms with van der Waals surface area (Å²) in [6.45, 7) is 1.81. The quantitative estimate of drug-likeness (QED) is 0.714. The summed E-state index contributed by atoms with van der Waals surface area (Å²) in [6.07, 6.45) is 1.09. The smallest absolute Gasteiger partial charge is 0.367 e. The number of rotatable bonds is 5. The van der Waals surface area contributed by atoms with Crippen LogP contribution in [0, 0.1) is 0 Å². The average molecular weight is 377 g/mol. The number of halogens is 3. The Bertz CT molecular complexity index is 968. The molecule has 0 bridgehead atoms. The van der Waals surface area contributed by atoms with Gasteiger partial charge in [0, 0.05) is 50.1 Å². The molecular weight excluding hydrogens is 359 g/mol. The van der Waals surface area contributed by atoms with Crippen molar-refractivity contribution in [2.24, 2.45) is 0 Å². The minimum atomic E-state index is -4.51. The van der Waals surface area contributed by atoms with Crippen LogP contribution in [0.2, 0.25) is 0 Å². The van der Waals surface area contributed by atoms with Crippen LogP contribution in [0.3, 0.4) is 0 Å². The Morgan fingerprint density at radius 2 is 2.07 bits per heavy atom. The Balaban J connectivity index is 1.51. The van der Waals surface area contributed by atoms with Gasteiger partial charge in [-0.2, -0.15) is 27.9 Å². The number of nitrogens with one attached hydrogen (secondary N) is 2. The summed E-state index contributed by atoms with van der Waals surface area (Å²) in [4.78, 5) is 3.77. The van der Waals surface area contributed by atoms with Crippen LogP contribution in [-0.2, 0) is 11.7 Å². The molecule has 1 aliphatic heterocycles. The van der Waals surface area contributed by atoms with E-state index < -0.39 is 11.9 Å². The van der Waals surface area contributed by atoms with Gasteiger partial charge in [0.2, 0.25) is 0 Å². The molecule has 1 saturated carbocycles. The maximum atomic E-state index is 13.3. The summed E-state index contributed by atoms with van der Waals surface area (Å²) in [5.74, 6) is 0.623. The second kappa shape index (κ2) is 5.69. The normalized spacial score (nSPS) is 19.2. The van der Waals surface area contributed by atoms with Crippen molar-refractivity contribution in [1.82, 2.24) is 29.7 Å². The Kier molecular flexibility index (Phi) is 3.48. The molecule has 0 amide bonds. The number of alkyl halides is 3. The molecule has 3 aromatic heterocycles. The van der Waals surface area contributed by atoms with E-state index in [-0.39, 0.29) is 17.0 Å². The number of aromatic nitrogens is 5. The van der Waals surface area contributed by atoms with E-state index in [0.29, 0.717) is 25.6 Å². The monoisotopic (exact) mass is 377 g/mol. The number of anilines is 1. The molecule has 3 aromatic rings. The third-order valence-electron chi connectivity index (χ3n) is 5.23. The highest BCUT2D eigenvalue weighted by molar-refractivity contribution is 5.52. The van der Waals surface area contributed by atoms with Gasteiger partial charge < -0.3 is 10.6 Å². The zero-order chi connectivity index (χ0) is 18.6. The van der Waals surface area contributed by atoms with Crippen LogP contribution in [0.4, 0.5) is 19.0 Å². The Labute approximate surface area is 152 Å². The third-order valence-corrected chi connectivity index (χ3v) is 5.23. The average Bonchev–Trinajstić information content (AvgIpc) is 3.12. The lowest BCUT2D eigenvalue weighted by molar-refractivity contribution is -0.141.